The van der Waals surface area contributed by atoms with Crippen LogP contribution in [0.25, 0.3) is 11.2 Å². The van der Waals surface area contributed by atoms with Crippen LogP contribution in [-0.2, 0) is 10.1 Å². The predicted octanol–water partition coefficient (Wildman–Crippen LogP) is -0.239. The number of nitrogens with one attached hydrogen (secondary N) is 2. The number of amides is 1. The fourth-order valence-electron chi connectivity index (χ4n) is 2.63. The van der Waals surface area contributed by atoms with E-state index >= 15 is 0 Å². The van der Waals surface area contributed by atoms with Gasteiger partial charge in [0.1, 0.15) is 0 Å². The van der Waals surface area contributed by atoms with Crippen LogP contribution in [0.4, 0.5) is 5.95 Å². The molecular weight excluding hydrogens is 487 g/mol. The summed E-state index contributed by atoms with van der Waals surface area (Å²) in [6, 6.07) is 6.09. The summed E-state index contributed by atoms with van der Waals surface area (Å²) in [6.07, 6.45) is 3.81. The Hall–Kier alpha value is -2.95. The van der Waals surface area contributed by atoms with Crippen LogP contribution in [-0.4, -0.2) is 69.9 Å². The number of hydrogen-bond donors (Lipinski definition) is 4. The molecular formula is C19H20N6O4SSe. The van der Waals surface area contributed by atoms with Crippen molar-refractivity contribution < 1.29 is 14.7 Å². The van der Waals surface area contributed by atoms with E-state index in [4.69, 9.17) is 5.73 Å². The maximum absolute atomic E-state index is 12.4. The van der Waals surface area contributed by atoms with Gasteiger partial charge in [-0.15, -0.1) is 0 Å². The van der Waals surface area contributed by atoms with Crippen LogP contribution in [0.5, 0.6) is 0 Å². The number of rotatable bonds is 9. The number of carbonyl (C=O) groups excluding carboxylic acids is 1. The molecule has 3 rings (SSSR count). The van der Waals surface area contributed by atoms with Crippen molar-refractivity contribution in [3.63, 3.8) is 0 Å². The number of carbonyl (C=O) groups is 2. The van der Waals surface area contributed by atoms with Gasteiger partial charge >= 0.3 is 188 Å². The van der Waals surface area contributed by atoms with Gasteiger partial charge in [-0.05, 0) is 0 Å². The number of aliphatic carboxylic acids is 1. The zero-order chi connectivity index (χ0) is 22.4. The third-order valence-electron chi connectivity index (χ3n) is 4.20. The van der Waals surface area contributed by atoms with Gasteiger partial charge in [0.05, 0.1) is 0 Å². The van der Waals surface area contributed by atoms with Crippen LogP contribution in [0.15, 0.2) is 35.3 Å². The molecule has 1 atom stereocenters. The zero-order valence-corrected chi connectivity index (χ0v) is 19.0. The molecule has 0 aliphatic carbocycles. The van der Waals surface area contributed by atoms with Crippen molar-refractivity contribution in [1.29, 1.82) is 0 Å². The minimum absolute atomic E-state index is 0.00664. The van der Waals surface area contributed by atoms with Crippen LogP contribution in [0, 0.1) is 0 Å². The number of nitrogens with two attached hydrogens (primary N) is 1. The number of aromatic amines is 1. The normalized spacial score (nSPS) is 11.9. The molecule has 10 nitrogen and oxygen atoms in total. The van der Waals surface area contributed by atoms with Crippen LogP contribution < -0.4 is 21.1 Å². The Morgan fingerprint density at radius 3 is 2.71 bits per heavy atom. The fraction of sp³-hybridized carbons (Fsp3) is 0.263. The van der Waals surface area contributed by atoms with Crippen molar-refractivity contribution in [2.45, 2.75) is 17.8 Å². The quantitative estimate of drug-likeness (QED) is 0.286. The van der Waals surface area contributed by atoms with E-state index in [1.54, 1.807) is 18.3 Å². The van der Waals surface area contributed by atoms with Crippen molar-refractivity contribution in [3.05, 3.63) is 52.1 Å². The van der Waals surface area contributed by atoms with Gasteiger partial charge in [-0.2, -0.15) is 0 Å². The van der Waals surface area contributed by atoms with Gasteiger partial charge in [0.15, 0.2) is 0 Å². The average Bonchev–Trinajstić information content (AvgIpc) is 2.75. The third kappa shape index (κ3) is 6.03. The number of benzene rings is 1. The number of thioether (sulfide) groups is 1. The van der Waals surface area contributed by atoms with E-state index in [1.165, 1.54) is 11.8 Å². The second kappa shape index (κ2) is 10.4. The summed E-state index contributed by atoms with van der Waals surface area (Å²) in [7, 11) is 0. The van der Waals surface area contributed by atoms with Crippen molar-refractivity contribution in [2.24, 2.45) is 0 Å². The number of carboxylic acids is 1. The van der Waals surface area contributed by atoms with Gasteiger partial charge in [-0.3, -0.25) is 0 Å². The summed E-state index contributed by atoms with van der Waals surface area (Å²) >= 11 is 1.52. The Morgan fingerprint density at radius 1 is 1.29 bits per heavy atom. The molecule has 1 amide bonds. The van der Waals surface area contributed by atoms with Crippen LogP contribution in [0.1, 0.15) is 22.5 Å². The SMILES string of the molecule is CSCCC(NC(=O)c1ccc([Se]Cc2cnc3nc(N)[nH]c(=O)c3n2)cc1)C(=O)O. The van der Waals surface area contributed by atoms with Gasteiger partial charge in [-0.25, -0.2) is 0 Å². The van der Waals surface area contributed by atoms with Crippen LogP contribution >= 0.6 is 11.8 Å². The van der Waals surface area contributed by atoms with Gasteiger partial charge < -0.3 is 0 Å². The molecule has 0 saturated heterocycles. The Kier molecular flexibility index (Phi) is 7.61. The molecule has 1 aromatic carbocycles. The summed E-state index contributed by atoms with van der Waals surface area (Å²) in [5, 5.41) is 12.4. The molecule has 0 fully saturated rings. The molecule has 0 aliphatic heterocycles. The van der Waals surface area contributed by atoms with Crippen molar-refractivity contribution >= 4 is 60.2 Å². The third-order valence-corrected chi connectivity index (χ3v) is 7.04. The van der Waals surface area contributed by atoms with Crippen molar-refractivity contribution in [2.75, 3.05) is 17.7 Å². The molecule has 0 saturated carbocycles. The first-order valence-corrected chi connectivity index (χ1v) is 12.6. The molecule has 0 aliphatic rings. The molecule has 2 aromatic heterocycles. The molecule has 162 valence electrons. The second-order valence-corrected chi connectivity index (χ2v) is 9.63. The van der Waals surface area contributed by atoms with Crippen LogP contribution in [0.3, 0.4) is 0 Å². The average molecular weight is 507 g/mol. The van der Waals surface area contributed by atoms with Crippen molar-refractivity contribution in [3.8, 4) is 0 Å². The number of H-pyrrole nitrogens is 1. The van der Waals surface area contributed by atoms with Gasteiger partial charge in [0.25, 0.3) is 0 Å². The molecule has 0 spiro atoms. The van der Waals surface area contributed by atoms with Crippen LogP contribution in [0.2, 0.25) is 0 Å². The zero-order valence-electron chi connectivity index (χ0n) is 16.5. The Labute approximate surface area is 187 Å². The maximum atomic E-state index is 12.4. The molecule has 1 unspecified atom stereocenters. The topological polar surface area (TPSA) is 164 Å². The molecule has 0 bridgehead atoms. The fourth-order valence-corrected chi connectivity index (χ4v) is 4.75. The summed E-state index contributed by atoms with van der Waals surface area (Å²) in [5.41, 5.74) is 6.47. The van der Waals surface area contributed by atoms with Gasteiger partial charge in [-0.1, -0.05) is 0 Å². The second-order valence-electron chi connectivity index (χ2n) is 6.44. The van der Waals surface area contributed by atoms with E-state index in [1.807, 2.05) is 18.4 Å². The van der Waals surface area contributed by atoms with E-state index in [0.29, 0.717) is 28.8 Å². The predicted molar refractivity (Wildman–Crippen MR) is 120 cm³/mol. The van der Waals surface area contributed by atoms with E-state index in [2.05, 4.69) is 25.3 Å². The van der Waals surface area contributed by atoms with Gasteiger partial charge in [0, 0.05) is 0 Å². The number of anilines is 1. The molecule has 5 N–H and O–H groups in total. The molecule has 31 heavy (non-hydrogen) atoms. The van der Waals surface area contributed by atoms with Crippen molar-refractivity contribution in [1.82, 2.24) is 25.3 Å². The molecule has 3 aromatic rings. The first-order valence-electron chi connectivity index (χ1n) is 9.14. The first-order chi connectivity index (χ1) is 14.9. The number of hydrogen-bond acceptors (Lipinski definition) is 8. The summed E-state index contributed by atoms with van der Waals surface area (Å²) in [5.74, 6) is -0.826. The molecule has 12 heteroatoms. The number of nitrogens with zero attached hydrogens (tertiary/aromatic N) is 3. The standard InChI is InChI=1S/C19H20N6O4SSe/c1-30-7-6-13(18(28)29)23-16(26)10-2-4-12(5-3-10)31-9-11-8-21-15-14(22-11)17(27)25-19(20)24-15/h2-5,8,13H,6-7,9H2,1H3,(H,23,26)(H,28,29)(H3,20,21,24,25,27). The number of carboxylic acid groups (broad SMARTS) is 1. The Balaban J connectivity index is 1.63. The number of nitrogen functional groups attached to an aromatic ring is 1. The molecule has 0 radical (unpaired) electrons. The Bertz CT molecular complexity index is 1150. The first kappa shape index (κ1) is 22.7. The van der Waals surface area contributed by atoms with E-state index in [-0.39, 0.29) is 32.1 Å². The number of fused-ring (bicyclic) bond motifs is 1. The Morgan fingerprint density at radius 2 is 2.03 bits per heavy atom. The van der Waals surface area contributed by atoms with E-state index in [9.17, 15) is 19.5 Å². The monoisotopic (exact) mass is 508 g/mol. The van der Waals surface area contributed by atoms with Gasteiger partial charge in [0.2, 0.25) is 0 Å². The van der Waals surface area contributed by atoms with E-state index in [0.717, 1.165) is 4.46 Å². The number of aromatic nitrogens is 4. The summed E-state index contributed by atoms with van der Waals surface area (Å²) < 4.78 is 1.02. The summed E-state index contributed by atoms with van der Waals surface area (Å²) in [6.45, 7) is 0. The molecule has 2 heterocycles. The summed E-state index contributed by atoms with van der Waals surface area (Å²) in [4.78, 5) is 50.4. The van der Waals surface area contributed by atoms with E-state index < -0.39 is 23.5 Å². The minimum atomic E-state index is -1.05.